The molecule has 0 radical (unpaired) electrons. The van der Waals surface area contributed by atoms with Crippen LogP contribution in [0.2, 0.25) is 0 Å². The highest BCUT2D eigenvalue weighted by Crippen LogP contribution is 2.22. The molecule has 17 heavy (non-hydrogen) atoms. The van der Waals surface area contributed by atoms with E-state index in [1.165, 1.54) is 0 Å². The molecule has 0 aliphatic carbocycles. The first-order valence-corrected chi connectivity index (χ1v) is 5.32. The Kier molecular flexibility index (Phi) is 2.26. The number of benzene rings is 1. The predicted molar refractivity (Wildman–Crippen MR) is 65.4 cm³/mol. The van der Waals surface area contributed by atoms with Crippen LogP contribution in [0, 0.1) is 0 Å². The number of nitrogens with zero attached hydrogens (tertiary/aromatic N) is 3. The molecule has 0 aliphatic heterocycles. The molecule has 0 atom stereocenters. The van der Waals surface area contributed by atoms with Gasteiger partial charge in [-0.25, -0.2) is 9.67 Å². The van der Waals surface area contributed by atoms with E-state index in [2.05, 4.69) is 10.1 Å². The van der Waals surface area contributed by atoms with E-state index in [1.54, 1.807) is 18.0 Å². The third-order valence-electron chi connectivity index (χ3n) is 2.61. The number of aromatic nitrogens is 3. The van der Waals surface area contributed by atoms with Crippen molar-refractivity contribution in [1.29, 1.82) is 0 Å². The number of rotatable bonds is 2. The van der Waals surface area contributed by atoms with Gasteiger partial charge in [0.15, 0.2) is 5.65 Å². The third kappa shape index (κ3) is 1.63. The topological polar surface area (TPSA) is 39.9 Å². The van der Waals surface area contributed by atoms with Crippen LogP contribution in [0.25, 0.3) is 16.7 Å². The smallest absolute Gasteiger partial charge is 0.181 e. The molecule has 1 aromatic carbocycles. The second-order valence-electron chi connectivity index (χ2n) is 3.66. The van der Waals surface area contributed by atoms with Crippen molar-refractivity contribution in [2.45, 2.75) is 0 Å². The molecule has 2 heterocycles. The molecule has 0 bridgehead atoms. The molecule has 0 saturated carbocycles. The van der Waals surface area contributed by atoms with Gasteiger partial charge in [0.25, 0.3) is 0 Å². The summed E-state index contributed by atoms with van der Waals surface area (Å²) in [5, 5.41) is 5.43. The van der Waals surface area contributed by atoms with Gasteiger partial charge in [0.1, 0.15) is 11.4 Å². The van der Waals surface area contributed by atoms with Gasteiger partial charge in [-0.05, 0) is 24.3 Å². The Hall–Kier alpha value is -2.36. The zero-order valence-electron chi connectivity index (χ0n) is 9.37. The molecule has 3 aromatic rings. The molecule has 4 nitrogen and oxygen atoms in total. The van der Waals surface area contributed by atoms with Crippen molar-refractivity contribution in [3.05, 3.63) is 48.8 Å². The van der Waals surface area contributed by atoms with Crippen LogP contribution < -0.4 is 4.74 Å². The predicted octanol–water partition coefficient (Wildman–Crippen LogP) is 2.43. The van der Waals surface area contributed by atoms with Crippen LogP contribution in [0.15, 0.2) is 48.8 Å². The zero-order valence-corrected chi connectivity index (χ0v) is 9.37. The van der Waals surface area contributed by atoms with Crippen molar-refractivity contribution in [3.8, 4) is 11.4 Å². The van der Waals surface area contributed by atoms with E-state index in [0.29, 0.717) is 0 Å². The second-order valence-corrected chi connectivity index (χ2v) is 3.66. The number of methoxy groups -OCH3 is 1. The molecule has 2 aromatic heterocycles. The first-order chi connectivity index (χ1) is 8.38. The zero-order chi connectivity index (χ0) is 11.7. The Bertz CT molecular complexity index is 627. The van der Waals surface area contributed by atoms with Gasteiger partial charge in [-0.2, -0.15) is 0 Å². The van der Waals surface area contributed by atoms with Crippen molar-refractivity contribution in [1.82, 2.24) is 14.8 Å². The van der Waals surface area contributed by atoms with Gasteiger partial charge in [-0.1, -0.05) is 12.1 Å². The van der Waals surface area contributed by atoms with Crippen molar-refractivity contribution >= 4 is 11.0 Å². The largest absolute Gasteiger partial charge is 0.494 e. The number of hydrogen-bond acceptors (Lipinski definition) is 3. The summed E-state index contributed by atoms with van der Waals surface area (Å²) in [6.07, 6.45) is 3.68. The van der Waals surface area contributed by atoms with E-state index in [9.17, 15) is 0 Å². The Morgan fingerprint density at radius 3 is 2.82 bits per heavy atom. The summed E-state index contributed by atoms with van der Waals surface area (Å²) < 4.78 is 7.10. The first kappa shape index (κ1) is 9.84. The summed E-state index contributed by atoms with van der Waals surface area (Å²) in [6, 6.07) is 11.7. The van der Waals surface area contributed by atoms with E-state index in [0.717, 1.165) is 22.5 Å². The maximum atomic E-state index is 5.31. The number of pyridine rings is 1. The summed E-state index contributed by atoms with van der Waals surface area (Å²) in [6.45, 7) is 0. The molecule has 4 heteroatoms. The summed E-state index contributed by atoms with van der Waals surface area (Å²) in [5.74, 6) is 0.792. The molecule has 0 N–H and O–H groups in total. The lowest BCUT2D eigenvalue weighted by Crippen LogP contribution is -1.97. The maximum Gasteiger partial charge on any atom is 0.181 e. The highest BCUT2D eigenvalue weighted by Gasteiger charge is 2.07. The van der Waals surface area contributed by atoms with Crippen molar-refractivity contribution in [2.24, 2.45) is 0 Å². The van der Waals surface area contributed by atoms with Gasteiger partial charge in [0, 0.05) is 17.8 Å². The van der Waals surface area contributed by atoms with Gasteiger partial charge in [-0.3, -0.25) is 0 Å². The molecule has 0 saturated heterocycles. The molecule has 0 unspecified atom stereocenters. The lowest BCUT2D eigenvalue weighted by molar-refractivity contribution is 0.412. The first-order valence-electron chi connectivity index (χ1n) is 5.32. The van der Waals surface area contributed by atoms with Gasteiger partial charge in [0.2, 0.25) is 0 Å². The summed E-state index contributed by atoms with van der Waals surface area (Å²) >= 11 is 0. The fourth-order valence-electron chi connectivity index (χ4n) is 1.80. The van der Waals surface area contributed by atoms with Gasteiger partial charge < -0.3 is 4.74 Å². The second kappa shape index (κ2) is 3.90. The van der Waals surface area contributed by atoms with E-state index in [4.69, 9.17) is 4.74 Å². The SMILES string of the molecule is COc1ccccc1-n1cc2cccnc2n1. The number of hydrogen-bond donors (Lipinski definition) is 0. The number of fused-ring (bicyclic) bond motifs is 1. The number of ether oxygens (including phenoxy) is 1. The van der Waals surface area contributed by atoms with E-state index >= 15 is 0 Å². The van der Waals surface area contributed by atoms with Gasteiger partial charge in [-0.15, -0.1) is 5.10 Å². The van der Waals surface area contributed by atoms with Crippen LogP contribution in [-0.2, 0) is 0 Å². The van der Waals surface area contributed by atoms with Crippen LogP contribution in [0.5, 0.6) is 5.75 Å². The van der Waals surface area contributed by atoms with E-state index < -0.39 is 0 Å². The van der Waals surface area contributed by atoms with Crippen LogP contribution in [0.3, 0.4) is 0 Å². The van der Waals surface area contributed by atoms with E-state index in [-0.39, 0.29) is 0 Å². The fourth-order valence-corrected chi connectivity index (χ4v) is 1.80. The van der Waals surface area contributed by atoms with E-state index in [1.807, 2.05) is 42.6 Å². The number of para-hydroxylation sites is 2. The lowest BCUT2D eigenvalue weighted by Gasteiger charge is -2.06. The minimum absolute atomic E-state index is 0.735. The lowest BCUT2D eigenvalue weighted by atomic mass is 10.3. The molecule has 0 fully saturated rings. The van der Waals surface area contributed by atoms with Crippen molar-refractivity contribution in [3.63, 3.8) is 0 Å². The summed E-state index contributed by atoms with van der Waals surface area (Å²) in [5.41, 5.74) is 1.64. The highest BCUT2D eigenvalue weighted by molar-refractivity contribution is 5.74. The molecule has 3 rings (SSSR count). The Labute approximate surface area is 98.5 Å². The molecule has 0 spiro atoms. The molecule has 84 valence electrons. The van der Waals surface area contributed by atoms with Crippen molar-refractivity contribution in [2.75, 3.05) is 7.11 Å². The third-order valence-corrected chi connectivity index (χ3v) is 2.61. The highest BCUT2D eigenvalue weighted by atomic mass is 16.5. The minimum atomic E-state index is 0.735. The Morgan fingerprint density at radius 1 is 1.12 bits per heavy atom. The van der Waals surface area contributed by atoms with Crippen LogP contribution >= 0.6 is 0 Å². The summed E-state index contributed by atoms with van der Waals surface area (Å²) in [7, 11) is 1.65. The standard InChI is InChI=1S/C13H11N3O/c1-17-12-7-3-2-6-11(12)16-9-10-5-4-8-14-13(10)15-16/h2-9H,1H3. The molecular formula is C13H11N3O. The normalized spacial score (nSPS) is 10.6. The molecule has 0 amide bonds. The van der Waals surface area contributed by atoms with Gasteiger partial charge >= 0.3 is 0 Å². The maximum absolute atomic E-state index is 5.31. The fraction of sp³-hybridized carbons (Fsp3) is 0.0769. The minimum Gasteiger partial charge on any atom is -0.494 e. The Balaban J connectivity index is 2.20. The Morgan fingerprint density at radius 2 is 2.00 bits per heavy atom. The quantitative estimate of drug-likeness (QED) is 0.672. The van der Waals surface area contributed by atoms with Crippen molar-refractivity contribution < 1.29 is 4.74 Å². The monoisotopic (exact) mass is 225 g/mol. The molecular weight excluding hydrogens is 214 g/mol. The van der Waals surface area contributed by atoms with Crippen LogP contribution in [-0.4, -0.2) is 21.9 Å². The van der Waals surface area contributed by atoms with Crippen LogP contribution in [0.1, 0.15) is 0 Å². The molecule has 0 aliphatic rings. The average molecular weight is 225 g/mol. The van der Waals surface area contributed by atoms with Gasteiger partial charge in [0.05, 0.1) is 7.11 Å². The summed E-state index contributed by atoms with van der Waals surface area (Å²) in [4.78, 5) is 4.21. The average Bonchev–Trinajstić information content (AvgIpc) is 2.82. The van der Waals surface area contributed by atoms with Crippen LogP contribution in [0.4, 0.5) is 0 Å².